The monoisotopic (exact) mass is 546 g/mol. The first kappa shape index (κ1) is 25.7. The Morgan fingerprint density at radius 2 is 1.72 bits per heavy atom. The Morgan fingerprint density at radius 1 is 1.08 bits per heavy atom. The molecule has 0 saturated heterocycles. The Hall–Kier alpha value is -3.34. The second-order valence-electron chi connectivity index (χ2n) is 7.61. The number of aromatic nitrogens is 3. The molecule has 4 aromatic rings. The van der Waals surface area contributed by atoms with Gasteiger partial charge in [0.25, 0.3) is 11.2 Å². The second-order valence-corrected chi connectivity index (χ2v) is 9.14. The topological polar surface area (TPSA) is 109 Å². The van der Waals surface area contributed by atoms with Crippen molar-refractivity contribution < 1.29 is 14.4 Å². The van der Waals surface area contributed by atoms with E-state index in [1.807, 2.05) is 6.26 Å². The third-order valence-electron chi connectivity index (χ3n) is 5.60. The van der Waals surface area contributed by atoms with E-state index in [0.717, 1.165) is 5.56 Å². The van der Waals surface area contributed by atoms with Crippen LogP contribution in [0.3, 0.4) is 0 Å². The van der Waals surface area contributed by atoms with E-state index in [2.05, 4.69) is 9.97 Å². The Labute approximate surface area is 220 Å². The number of hydrogen-bond acceptors (Lipinski definition) is 8. The first-order chi connectivity index (χ1) is 17.3. The van der Waals surface area contributed by atoms with Gasteiger partial charge in [-0.15, -0.1) is 0 Å². The molecule has 2 aromatic heterocycles. The molecule has 0 unspecified atom stereocenters. The van der Waals surface area contributed by atoms with Crippen LogP contribution in [0.25, 0.3) is 22.2 Å². The molecule has 0 spiro atoms. The van der Waals surface area contributed by atoms with Gasteiger partial charge in [-0.1, -0.05) is 47.1 Å². The number of fused-ring (bicyclic) bond motifs is 1. The molecule has 0 atom stereocenters. The maximum absolute atomic E-state index is 13.9. The molecule has 2 heterocycles. The minimum absolute atomic E-state index is 0.00280. The van der Waals surface area contributed by atoms with Gasteiger partial charge in [0, 0.05) is 41.9 Å². The minimum atomic E-state index is -0.456. The molecule has 9 nitrogen and oxygen atoms in total. The van der Waals surface area contributed by atoms with Gasteiger partial charge in [-0.05, 0) is 24.3 Å². The van der Waals surface area contributed by atoms with Crippen LogP contribution in [0, 0.1) is 10.1 Å². The molecule has 0 N–H and O–H groups in total. The summed E-state index contributed by atoms with van der Waals surface area (Å²) in [5.41, 5.74) is 1.42. The molecule has 0 aliphatic rings. The number of benzene rings is 2. The highest BCUT2D eigenvalue weighted by atomic mass is 35.5. The maximum Gasteiger partial charge on any atom is 0.269 e. The molecule has 186 valence electrons. The van der Waals surface area contributed by atoms with Gasteiger partial charge in [0.1, 0.15) is 17.1 Å². The van der Waals surface area contributed by atoms with Crippen molar-refractivity contribution >= 4 is 51.7 Å². The lowest BCUT2D eigenvalue weighted by Crippen LogP contribution is -2.24. The van der Waals surface area contributed by atoms with Gasteiger partial charge in [-0.2, -0.15) is 0 Å². The van der Waals surface area contributed by atoms with Crippen molar-refractivity contribution in [3.8, 4) is 22.6 Å². The van der Waals surface area contributed by atoms with Crippen molar-refractivity contribution in [3.05, 3.63) is 78.7 Å². The van der Waals surface area contributed by atoms with Crippen LogP contribution in [0.15, 0.2) is 52.5 Å². The number of pyridine rings is 1. The van der Waals surface area contributed by atoms with Gasteiger partial charge in [-0.25, -0.2) is 9.97 Å². The summed E-state index contributed by atoms with van der Waals surface area (Å²) in [5.74, 6) is 0.609. The molecule has 0 aliphatic heterocycles. The minimum Gasteiger partial charge on any atom is -0.495 e. The van der Waals surface area contributed by atoms with Crippen molar-refractivity contribution in [1.82, 2.24) is 14.5 Å². The standard InChI is InChI=1S/C24H20Cl2N4O5S/c1-34-17-11-18(35-2)21(26)19(20(17)25)16-10-14-12-27-24(36-3)28-22(14)29(23(16)31)9-8-13-4-6-15(7-5-13)30(32)33/h4-7,10-12H,8-9H2,1-3H3. The SMILES string of the molecule is COc1cc(OC)c(Cl)c(-c2cc3cnc(SC)nc3n(CCc3ccc([N+](=O)[O-])cc3)c2=O)c1Cl. The average molecular weight is 547 g/mol. The predicted octanol–water partition coefficient (Wildman–Crippen LogP) is 5.66. The summed E-state index contributed by atoms with van der Waals surface area (Å²) < 4.78 is 12.3. The summed E-state index contributed by atoms with van der Waals surface area (Å²) in [4.78, 5) is 33.3. The van der Waals surface area contributed by atoms with Gasteiger partial charge >= 0.3 is 0 Å². The number of nitrogens with zero attached hydrogens (tertiary/aromatic N) is 4. The van der Waals surface area contributed by atoms with Crippen molar-refractivity contribution in [2.45, 2.75) is 18.1 Å². The summed E-state index contributed by atoms with van der Waals surface area (Å²) in [6, 6.07) is 9.40. The zero-order valence-electron chi connectivity index (χ0n) is 19.4. The lowest BCUT2D eigenvalue weighted by atomic mass is 10.0. The van der Waals surface area contributed by atoms with Gasteiger partial charge in [0.15, 0.2) is 5.16 Å². The number of non-ortho nitro benzene ring substituents is 1. The van der Waals surface area contributed by atoms with Crippen molar-refractivity contribution in [2.75, 3.05) is 20.5 Å². The molecule has 2 aromatic carbocycles. The number of ether oxygens (including phenoxy) is 2. The number of aryl methyl sites for hydroxylation is 2. The van der Waals surface area contributed by atoms with Crippen LogP contribution in [0.4, 0.5) is 5.69 Å². The first-order valence-electron chi connectivity index (χ1n) is 10.6. The number of hydrogen-bond donors (Lipinski definition) is 0. The van der Waals surface area contributed by atoms with Gasteiger partial charge in [-0.3, -0.25) is 19.5 Å². The van der Waals surface area contributed by atoms with Crippen LogP contribution in [0.2, 0.25) is 10.0 Å². The largest absolute Gasteiger partial charge is 0.495 e. The highest BCUT2D eigenvalue weighted by Crippen LogP contribution is 2.45. The number of nitro groups is 1. The van der Waals surface area contributed by atoms with Gasteiger partial charge in [0.05, 0.1) is 34.8 Å². The van der Waals surface area contributed by atoms with Crippen LogP contribution in [0.5, 0.6) is 11.5 Å². The molecule has 12 heteroatoms. The molecule has 0 saturated carbocycles. The van der Waals surface area contributed by atoms with E-state index < -0.39 is 4.92 Å². The lowest BCUT2D eigenvalue weighted by molar-refractivity contribution is -0.384. The van der Waals surface area contributed by atoms with Gasteiger partial charge < -0.3 is 9.47 Å². The molecule has 0 bridgehead atoms. The molecule has 0 fully saturated rings. The second kappa shape index (κ2) is 10.7. The molecule has 0 radical (unpaired) electrons. The van der Waals surface area contributed by atoms with Crippen LogP contribution in [-0.4, -0.2) is 39.9 Å². The van der Waals surface area contributed by atoms with E-state index in [4.69, 9.17) is 32.7 Å². The number of thioether (sulfide) groups is 1. The first-order valence-corrected chi connectivity index (χ1v) is 12.5. The van der Waals surface area contributed by atoms with Crippen LogP contribution in [0.1, 0.15) is 5.56 Å². The summed E-state index contributed by atoms with van der Waals surface area (Å²) in [6.07, 6.45) is 3.91. The Bertz CT molecular complexity index is 1500. The van der Waals surface area contributed by atoms with Crippen molar-refractivity contribution in [1.29, 1.82) is 0 Å². The maximum atomic E-state index is 13.9. The van der Waals surface area contributed by atoms with E-state index in [-0.39, 0.29) is 39.0 Å². The number of methoxy groups -OCH3 is 2. The van der Waals surface area contributed by atoms with E-state index in [9.17, 15) is 14.9 Å². The van der Waals surface area contributed by atoms with E-state index in [1.165, 1.54) is 42.7 Å². The van der Waals surface area contributed by atoms with Crippen molar-refractivity contribution in [2.24, 2.45) is 0 Å². The number of nitro benzene ring substituents is 1. The number of rotatable bonds is 8. The molecular formula is C24H20Cl2N4O5S. The Balaban J connectivity index is 1.91. The fourth-order valence-electron chi connectivity index (χ4n) is 3.78. The van der Waals surface area contributed by atoms with E-state index in [1.54, 1.807) is 30.5 Å². The van der Waals surface area contributed by atoms with Gasteiger partial charge in [0.2, 0.25) is 0 Å². The summed E-state index contributed by atoms with van der Waals surface area (Å²) in [5, 5.41) is 12.4. The molecule has 0 aliphatic carbocycles. The van der Waals surface area contributed by atoms with Crippen molar-refractivity contribution in [3.63, 3.8) is 0 Å². The van der Waals surface area contributed by atoms with Crippen LogP contribution >= 0.6 is 35.0 Å². The third kappa shape index (κ3) is 4.84. The fraction of sp³-hybridized carbons (Fsp3) is 0.208. The average Bonchev–Trinajstić information content (AvgIpc) is 2.88. The predicted molar refractivity (Wildman–Crippen MR) is 141 cm³/mol. The quantitative estimate of drug-likeness (QED) is 0.120. The molecular weight excluding hydrogens is 527 g/mol. The summed E-state index contributed by atoms with van der Waals surface area (Å²) in [6.45, 7) is 0.252. The highest BCUT2D eigenvalue weighted by Gasteiger charge is 2.23. The van der Waals surface area contributed by atoms with Crippen LogP contribution < -0.4 is 15.0 Å². The third-order valence-corrected chi connectivity index (χ3v) is 6.91. The van der Waals surface area contributed by atoms with Crippen LogP contribution in [-0.2, 0) is 13.0 Å². The summed E-state index contributed by atoms with van der Waals surface area (Å²) in [7, 11) is 2.91. The normalized spacial score (nSPS) is 11.0. The fourth-order valence-corrected chi connectivity index (χ4v) is 4.82. The molecule has 0 amide bonds. The van der Waals surface area contributed by atoms with E-state index >= 15 is 0 Å². The zero-order chi connectivity index (χ0) is 26.0. The highest BCUT2D eigenvalue weighted by molar-refractivity contribution is 7.98. The smallest absolute Gasteiger partial charge is 0.269 e. The Kier molecular flexibility index (Phi) is 7.67. The lowest BCUT2D eigenvalue weighted by Gasteiger charge is -2.17. The van der Waals surface area contributed by atoms with E-state index in [0.29, 0.717) is 34.1 Å². The summed E-state index contributed by atoms with van der Waals surface area (Å²) >= 11 is 14.6. The Morgan fingerprint density at radius 3 is 2.28 bits per heavy atom. The molecule has 36 heavy (non-hydrogen) atoms. The zero-order valence-corrected chi connectivity index (χ0v) is 21.8. The molecule has 4 rings (SSSR count). The number of halogens is 2.